The van der Waals surface area contributed by atoms with Gasteiger partial charge in [0.2, 0.25) is 5.91 Å². The first kappa shape index (κ1) is 18.5. The highest BCUT2D eigenvalue weighted by molar-refractivity contribution is 6.30. The van der Waals surface area contributed by atoms with E-state index in [9.17, 15) is 9.59 Å². The number of halogens is 1. The first-order valence-electron chi connectivity index (χ1n) is 8.91. The second-order valence-electron chi connectivity index (χ2n) is 6.78. The van der Waals surface area contributed by atoms with Gasteiger partial charge in [0.25, 0.3) is 5.91 Å². The van der Waals surface area contributed by atoms with Gasteiger partial charge in [0.05, 0.1) is 0 Å². The molecule has 0 radical (unpaired) electrons. The van der Waals surface area contributed by atoms with Crippen LogP contribution >= 0.6 is 11.6 Å². The van der Waals surface area contributed by atoms with Gasteiger partial charge in [-0.25, -0.2) is 0 Å². The average molecular weight is 371 g/mol. The lowest BCUT2D eigenvalue weighted by molar-refractivity contribution is -0.126. The summed E-state index contributed by atoms with van der Waals surface area (Å²) in [5.41, 5.74) is 2.93. The number of piperidine rings is 1. The summed E-state index contributed by atoms with van der Waals surface area (Å²) in [6.07, 6.45) is 1.39. The molecule has 1 aliphatic rings. The van der Waals surface area contributed by atoms with Crippen molar-refractivity contribution < 1.29 is 9.59 Å². The molecule has 1 saturated heterocycles. The lowest BCUT2D eigenvalue weighted by Crippen LogP contribution is -2.42. The summed E-state index contributed by atoms with van der Waals surface area (Å²) in [7, 11) is 0. The number of carbonyl (C=O) groups excluding carboxylic acids is 2. The Balaban J connectivity index is 1.49. The van der Waals surface area contributed by atoms with E-state index in [1.807, 2.05) is 30.0 Å². The van der Waals surface area contributed by atoms with Crippen LogP contribution in [0.1, 0.15) is 34.3 Å². The number of hydrogen-bond acceptors (Lipinski definition) is 2. The Morgan fingerprint density at radius 3 is 2.46 bits per heavy atom. The molecule has 0 saturated carbocycles. The van der Waals surface area contributed by atoms with Gasteiger partial charge in [-0.1, -0.05) is 41.4 Å². The van der Waals surface area contributed by atoms with Gasteiger partial charge in [-0.15, -0.1) is 0 Å². The number of aryl methyl sites for hydroxylation is 1. The molecular formula is C21H23ClN2O2. The van der Waals surface area contributed by atoms with Crippen molar-refractivity contribution in [3.63, 3.8) is 0 Å². The predicted octanol–water partition coefficient (Wildman–Crippen LogP) is 3.82. The number of carbonyl (C=O) groups is 2. The molecule has 0 atom stereocenters. The number of rotatable bonds is 4. The Morgan fingerprint density at radius 2 is 1.81 bits per heavy atom. The molecular weight excluding hydrogens is 348 g/mol. The van der Waals surface area contributed by atoms with Crippen LogP contribution in [0.15, 0.2) is 48.5 Å². The van der Waals surface area contributed by atoms with Gasteiger partial charge in [0.1, 0.15) is 0 Å². The lowest BCUT2D eigenvalue weighted by atomic mass is 9.95. The van der Waals surface area contributed by atoms with Crippen LogP contribution in [0.2, 0.25) is 5.02 Å². The molecule has 4 nitrogen and oxygen atoms in total. The molecule has 2 aromatic carbocycles. The summed E-state index contributed by atoms with van der Waals surface area (Å²) in [6.45, 7) is 3.79. The van der Waals surface area contributed by atoms with Crippen LogP contribution in [-0.4, -0.2) is 29.8 Å². The van der Waals surface area contributed by atoms with Gasteiger partial charge in [-0.2, -0.15) is 0 Å². The second kappa shape index (κ2) is 8.37. The third kappa shape index (κ3) is 4.64. The summed E-state index contributed by atoms with van der Waals surface area (Å²) in [6, 6.07) is 15.1. The van der Waals surface area contributed by atoms with E-state index in [-0.39, 0.29) is 17.7 Å². The molecule has 0 unspecified atom stereocenters. The maximum Gasteiger partial charge on any atom is 0.253 e. The van der Waals surface area contributed by atoms with Crippen LogP contribution in [0.3, 0.4) is 0 Å². The van der Waals surface area contributed by atoms with Crippen LogP contribution in [0.25, 0.3) is 0 Å². The molecule has 1 heterocycles. The first-order chi connectivity index (χ1) is 12.5. The molecule has 0 bridgehead atoms. The Kier molecular flexibility index (Phi) is 5.94. The first-order valence-corrected chi connectivity index (χ1v) is 9.29. The quantitative estimate of drug-likeness (QED) is 0.889. The van der Waals surface area contributed by atoms with Crippen molar-refractivity contribution in [3.8, 4) is 0 Å². The van der Waals surface area contributed by atoms with Gasteiger partial charge in [0.15, 0.2) is 0 Å². The number of nitrogens with zero attached hydrogens (tertiary/aromatic N) is 1. The van der Waals surface area contributed by atoms with Crippen molar-refractivity contribution in [2.45, 2.75) is 26.3 Å². The Hall–Kier alpha value is -2.33. The van der Waals surface area contributed by atoms with E-state index >= 15 is 0 Å². The summed E-state index contributed by atoms with van der Waals surface area (Å²) < 4.78 is 0. The van der Waals surface area contributed by atoms with Gasteiger partial charge in [0, 0.05) is 36.1 Å². The highest BCUT2D eigenvalue weighted by Gasteiger charge is 2.27. The Bertz CT molecular complexity index is 781. The zero-order valence-electron chi connectivity index (χ0n) is 14.9. The van der Waals surface area contributed by atoms with E-state index in [0.29, 0.717) is 43.1 Å². The van der Waals surface area contributed by atoms with E-state index in [4.69, 9.17) is 11.6 Å². The molecule has 1 N–H and O–H groups in total. The number of hydrogen-bond donors (Lipinski definition) is 1. The van der Waals surface area contributed by atoms with E-state index in [1.165, 1.54) is 5.56 Å². The molecule has 26 heavy (non-hydrogen) atoms. The van der Waals surface area contributed by atoms with Crippen LogP contribution in [0.5, 0.6) is 0 Å². The second-order valence-corrected chi connectivity index (χ2v) is 7.22. The molecule has 2 amide bonds. The molecule has 136 valence electrons. The average Bonchev–Trinajstić information content (AvgIpc) is 2.66. The molecule has 0 aliphatic carbocycles. The largest absolute Gasteiger partial charge is 0.352 e. The van der Waals surface area contributed by atoms with Gasteiger partial charge < -0.3 is 10.2 Å². The summed E-state index contributed by atoms with van der Waals surface area (Å²) in [5, 5.41) is 3.64. The van der Waals surface area contributed by atoms with Crippen LogP contribution < -0.4 is 5.32 Å². The summed E-state index contributed by atoms with van der Waals surface area (Å²) in [5.74, 6) is 0.0412. The third-order valence-electron chi connectivity index (χ3n) is 4.79. The van der Waals surface area contributed by atoms with Crippen molar-refractivity contribution in [3.05, 3.63) is 70.2 Å². The minimum absolute atomic E-state index is 0.000264. The Labute approximate surface area is 159 Å². The molecule has 3 rings (SSSR count). The van der Waals surface area contributed by atoms with Crippen molar-refractivity contribution in [2.75, 3.05) is 13.1 Å². The minimum atomic E-state index is -0.0333. The molecule has 1 fully saturated rings. The summed E-state index contributed by atoms with van der Waals surface area (Å²) >= 11 is 5.87. The maximum absolute atomic E-state index is 12.5. The van der Waals surface area contributed by atoms with E-state index in [1.54, 1.807) is 24.3 Å². The number of nitrogens with one attached hydrogen (secondary N) is 1. The molecule has 0 spiro atoms. The van der Waals surface area contributed by atoms with Gasteiger partial charge in [-0.05, 0) is 49.6 Å². The van der Waals surface area contributed by atoms with Gasteiger partial charge in [-0.3, -0.25) is 9.59 Å². The highest BCUT2D eigenvalue weighted by atomic mass is 35.5. The fraction of sp³-hybridized carbons (Fsp3) is 0.333. The zero-order chi connectivity index (χ0) is 18.5. The normalized spacial score (nSPS) is 14.9. The maximum atomic E-state index is 12.5. The lowest BCUT2D eigenvalue weighted by Gasteiger charge is -2.31. The van der Waals surface area contributed by atoms with E-state index in [0.717, 1.165) is 5.56 Å². The van der Waals surface area contributed by atoms with Crippen LogP contribution in [0, 0.1) is 12.8 Å². The Morgan fingerprint density at radius 1 is 1.12 bits per heavy atom. The van der Waals surface area contributed by atoms with Crippen molar-refractivity contribution >= 4 is 23.4 Å². The standard InChI is InChI=1S/C21H23ClN2O2/c1-15-3-2-4-16(13-15)14-23-20(25)17-9-11-24(12-10-17)21(26)18-5-7-19(22)8-6-18/h2-8,13,17H,9-12,14H2,1H3,(H,23,25). The van der Waals surface area contributed by atoms with Crippen LogP contribution in [-0.2, 0) is 11.3 Å². The number of benzene rings is 2. The monoisotopic (exact) mass is 370 g/mol. The minimum Gasteiger partial charge on any atom is -0.352 e. The van der Waals surface area contributed by atoms with Crippen molar-refractivity contribution in [1.82, 2.24) is 10.2 Å². The van der Waals surface area contributed by atoms with Crippen molar-refractivity contribution in [2.24, 2.45) is 5.92 Å². The molecule has 2 aromatic rings. The summed E-state index contributed by atoms with van der Waals surface area (Å²) in [4.78, 5) is 26.7. The third-order valence-corrected chi connectivity index (χ3v) is 5.05. The smallest absolute Gasteiger partial charge is 0.253 e. The van der Waals surface area contributed by atoms with E-state index < -0.39 is 0 Å². The highest BCUT2D eigenvalue weighted by Crippen LogP contribution is 2.20. The SMILES string of the molecule is Cc1cccc(CNC(=O)C2CCN(C(=O)c3ccc(Cl)cc3)CC2)c1. The fourth-order valence-electron chi connectivity index (χ4n) is 3.28. The van der Waals surface area contributed by atoms with E-state index in [2.05, 4.69) is 11.4 Å². The number of amides is 2. The topological polar surface area (TPSA) is 49.4 Å². The molecule has 5 heteroatoms. The fourth-order valence-corrected chi connectivity index (χ4v) is 3.40. The molecule has 1 aliphatic heterocycles. The predicted molar refractivity (Wildman–Crippen MR) is 103 cm³/mol. The van der Waals surface area contributed by atoms with Crippen molar-refractivity contribution in [1.29, 1.82) is 0 Å². The van der Waals surface area contributed by atoms with Gasteiger partial charge >= 0.3 is 0 Å². The zero-order valence-corrected chi connectivity index (χ0v) is 15.6. The molecule has 0 aromatic heterocycles. The van der Waals surface area contributed by atoms with Crippen LogP contribution in [0.4, 0.5) is 0 Å². The number of likely N-dealkylation sites (tertiary alicyclic amines) is 1.